The zero-order valence-corrected chi connectivity index (χ0v) is 15.9. The molecule has 0 bridgehead atoms. The fourth-order valence-corrected chi connectivity index (χ4v) is 2.63. The summed E-state index contributed by atoms with van der Waals surface area (Å²) in [6.45, 7) is 2.03. The van der Waals surface area contributed by atoms with Crippen LogP contribution >= 0.6 is 17.0 Å². The summed E-state index contributed by atoms with van der Waals surface area (Å²) in [6.07, 6.45) is 0. The Labute approximate surface area is 150 Å². The molecule has 0 aromatic heterocycles. The molecule has 0 spiro atoms. The number of piperazine rings is 1. The highest BCUT2D eigenvalue weighted by atomic mass is 79.9. The van der Waals surface area contributed by atoms with E-state index in [1.54, 1.807) is 0 Å². The molecule has 3 rings (SSSR count). The molecule has 0 aliphatic carbocycles. The second-order valence-corrected chi connectivity index (χ2v) is 6.03. The molecule has 2 aromatic carbocycles. The molecule has 2 aromatic rings. The fraction of sp³-hybridized carbons (Fsp3) is 0.368. The van der Waals surface area contributed by atoms with Crippen molar-refractivity contribution in [3.8, 4) is 0 Å². The molecule has 23 heavy (non-hydrogen) atoms. The van der Waals surface area contributed by atoms with Gasteiger partial charge in [0.25, 0.3) is 0 Å². The van der Waals surface area contributed by atoms with Crippen molar-refractivity contribution in [2.75, 3.05) is 34.2 Å². The first-order valence-corrected chi connectivity index (χ1v) is 7.86. The lowest BCUT2D eigenvalue weighted by atomic mass is 9.92. The smallest absolute Gasteiger partial charge is 0.0518 e. The number of nitrogens with zero attached hydrogens (tertiary/aromatic N) is 1. The third kappa shape index (κ3) is 6.43. The van der Waals surface area contributed by atoms with Crippen molar-refractivity contribution in [3.63, 3.8) is 0 Å². The Hall–Kier alpha value is -1.20. The van der Waals surface area contributed by atoms with Crippen LogP contribution in [-0.4, -0.2) is 39.1 Å². The molecule has 0 radical (unpaired) electrons. The number of halogens is 1. The van der Waals surface area contributed by atoms with Gasteiger partial charge in [0.2, 0.25) is 0 Å². The van der Waals surface area contributed by atoms with E-state index in [2.05, 4.69) is 71.3 Å². The molecule has 3 nitrogen and oxygen atoms in total. The predicted molar refractivity (Wildman–Crippen MR) is 104 cm³/mol. The van der Waals surface area contributed by atoms with Crippen LogP contribution in [0.4, 0.5) is 0 Å². The van der Waals surface area contributed by atoms with E-state index in [0.717, 1.165) is 13.1 Å². The molecule has 2 unspecified atom stereocenters. The Balaban J connectivity index is 0.000000478. The lowest BCUT2D eigenvalue weighted by molar-refractivity contribution is 0.333. The molecule has 2 atom stereocenters. The van der Waals surface area contributed by atoms with Crippen LogP contribution in [0.2, 0.25) is 0 Å². The summed E-state index contributed by atoms with van der Waals surface area (Å²) in [4.78, 5) is 2.00. The molecular weight excluding hydrogens is 350 g/mol. The zero-order chi connectivity index (χ0) is 15.8. The van der Waals surface area contributed by atoms with Crippen LogP contribution in [0.15, 0.2) is 60.7 Å². The monoisotopic (exact) mass is 377 g/mol. The van der Waals surface area contributed by atoms with E-state index in [1.807, 2.05) is 26.0 Å². The predicted octanol–water partition coefficient (Wildman–Crippen LogP) is 3.42. The minimum atomic E-state index is 0. The summed E-state index contributed by atoms with van der Waals surface area (Å²) in [5.41, 5.74) is 2.69. The van der Waals surface area contributed by atoms with Gasteiger partial charge >= 0.3 is 0 Å². The van der Waals surface area contributed by atoms with E-state index in [0.29, 0.717) is 12.1 Å². The van der Waals surface area contributed by atoms with E-state index in [4.69, 9.17) is 0 Å². The maximum absolute atomic E-state index is 3.62. The first-order valence-electron chi connectivity index (χ1n) is 7.86. The van der Waals surface area contributed by atoms with Gasteiger partial charge < -0.3 is 15.5 Å². The van der Waals surface area contributed by atoms with Crippen LogP contribution in [0.25, 0.3) is 0 Å². The number of hydrogen-bond donors (Lipinski definition) is 2. The SMILES string of the molecule is Br.CN(C)C.c1ccc(C2NCCNC2c2ccccc2)cc1. The van der Waals surface area contributed by atoms with Crippen molar-refractivity contribution in [1.29, 1.82) is 0 Å². The third-order valence-corrected chi connectivity index (χ3v) is 3.50. The Morgan fingerprint density at radius 1 is 0.696 bits per heavy atom. The van der Waals surface area contributed by atoms with E-state index >= 15 is 0 Å². The van der Waals surface area contributed by atoms with Gasteiger partial charge in [-0.15, -0.1) is 17.0 Å². The minimum Gasteiger partial charge on any atom is -0.312 e. The lowest BCUT2D eigenvalue weighted by Gasteiger charge is -2.34. The normalized spacial score (nSPS) is 20.2. The maximum atomic E-state index is 3.62. The van der Waals surface area contributed by atoms with Crippen LogP contribution in [0.5, 0.6) is 0 Å². The third-order valence-electron chi connectivity index (χ3n) is 3.50. The fourth-order valence-electron chi connectivity index (χ4n) is 2.63. The van der Waals surface area contributed by atoms with Gasteiger partial charge in [-0.2, -0.15) is 0 Å². The standard InChI is InChI=1S/C16H18N2.C3H9N.BrH/c1-3-7-13(8-4-1)15-16(18-12-11-17-15)14-9-5-2-6-10-14;1-4(2)3;/h1-10,15-18H,11-12H2;1-3H3;1H. The van der Waals surface area contributed by atoms with E-state index in [9.17, 15) is 0 Å². The molecule has 1 fully saturated rings. The Morgan fingerprint density at radius 3 is 1.30 bits per heavy atom. The summed E-state index contributed by atoms with van der Waals surface area (Å²) < 4.78 is 0. The van der Waals surface area contributed by atoms with E-state index in [1.165, 1.54) is 11.1 Å². The Kier molecular flexibility index (Phi) is 9.10. The van der Waals surface area contributed by atoms with Crippen LogP contribution in [0.1, 0.15) is 23.2 Å². The number of rotatable bonds is 2. The van der Waals surface area contributed by atoms with Gasteiger partial charge in [0.05, 0.1) is 12.1 Å². The molecule has 1 aliphatic rings. The highest BCUT2D eigenvalue weighted by Gasteiger charge is 2.26. The zero-order valence-electron chi connectivity index (χ0n) is 14.2. The largest absolute Gasteiger partial charge is 0.312 e. The molecule has 2 N–H and O–H groups in total. The molecule has 0 saturated carbocycles. The molecule has 4 heteroatoms. The maximum Gasteiger partial charge on any atom is 0.0518 e. The van der Waals surface area contributed by atoms with E-state index < -0.39 is 0 Å². The van der Waals surface area contributed by atoms with Crippen molar-refractivity contribution in [2.24, 2.45) is 0 Å². The highest BCUT2D eigenvalue weighted by molar-refractivity contribution is 8.93. The second-order valence-electron chi connectivity index (χ2n) is 6.03. The Bertz CT molecular complexity index is 481. The summed E-state index contributed by atoms with van der Waals surface area (Å²) in [5.74, 6) is 0. The summed E-state index contributed by atoms with van der Waals surface area (Å²) in [5, 5.41) is 7.24. The first kappa shape index (κ1) is 19.8. The molecule has 1 aliphatic heterocycles. The molecule has 126 valence electrons. The van der Waals surface area contributed by atoms with Gasteiger partial charge in [-0.1, -0.05) is 60.7 Å². The van der Waals surface area contributed by atoms with Crippen molar-refractivity contribution >= 4 is 17.0 Å². The van der Waals surface area contributed by atoms with Gasteiger partial charge in [0.15, 0.2) is 0 Å². The molecule has 0 amide bonds. The quantitative estimate of drug-likeness (QED) is 0.839. The van der Waals surface area contributed by atoms with Gasteiger partial charge in [0, 0.05) is 13.1 Å². The van der Waals surface area contributed by atoms with Crippen molar-refractivity contribution < 1.29 is 0 Å². The van der Waals surface area contributed by atoms with Crippen molar-refractivity contribution in [2.45, 2.75) is 12.1 Å². The van der Waals surface area contributed by atoms with Crippen LogP contribution < -0.4 is 10.6 Å². The average molecular weight is 378 g/mol. The number of nitrogens with one attached hydrogen (secondary N) is 2. The van der Waals surface area contributed by atoms with Crippen molar-refractivity contribution in [3.05, 3.63) is 71.8 Å². The lowest BCUT2D eigenvalue weighted by Crippen LogP contribution is -2.45. The van der Waals surface area contributed by atoms with Gasteiger partial charge in [-0.25, -0.2) is 0 Å². The topological polar surface area (TPSA) is 27.3 Å². The second kappa shape index (κ2) is 10.6. The Morgan fingerprint density at radius 2 is 1.00 bits per heavy atom. The van der Waals surface area contributed by atoms with Gasteiger partial charge in [-0.3, -0.25) is 0 Å². The van der Waals surface area contributed by atoms with Crippen LogP contribution in [0.3, 0.4) is 0 Å². The minimum absolute atomic E-state index is 0. The number of benzene rings is 2. The van der Waals surface area contributed by atoms with E-state index in [-0.39, 0.29) is 17.0 Å². The molecular formula is C19H28BrN3. The van der Waals surface area contributed by atoms with Gasteiger partial charge in [0.1, 0.15) is 0 Å². The molecule has 1 heterocycles. The summed E-state index contributed by atoms with van der Waals surface area (Å²) >= 11 is 0. The number of hydrogen-bond acceptors (Lipinski definition) is 3. The first-order chi connectivity index (χ1) is 10.7. The van der Waals surface area contributed by atoms with Crippen molar-refractivity contribution in [1.82, 2.24) is 15.5 Å². The van der Waals surface area contributed by atoms with Crippen LogP contribution in [0, 0.1) is 0 Å². The summed E-state index contributed by atoms with van der Waals surface area (Å²) in [6, 6.07) is 22.0. The molecule has 1 saturated heterocycles. The van der Waals surface area contributed by atoms with Gasteiger partial charge in [-0.05, 0) is 32.3 Å². The average Bonchev–Trinajstić information content (AvgIpc) is 2.56. The van der Waals surface area contributed by atoms with Crippen LogP contribution in [-0.2, 0) is 0 Å². The summed E-state index contributed by atoms with van der Waals surface area (Å²) in [7, 11) is 6.00. The highest BCUT2D eigenvalue weighted by Crippen LogP contribution is 2.30.